The Bertz CT molecular complexity index is 931. The van der Waals surface area contributed by atoms with Gasteiger partial charge in [-0.1, -0.05) is 36.8 Å². The van der Waals surface area contributed by atoms with Crippen LogP contribution in [0.4, 0.5) is 0 Å². The zero-order valence-electron chi connectivity index (χ0n) is 16.0. The van der Waals surface area contributed by atoms with Crippen molar-refractivity contribution in [3.63, 3.8) is 0 Å². The van der Waals surface area contributed by atoms with Gasteiger partial charge in [-0.15, -0.1) is 23.1 Å². The van der Waals surface area contributed by atoms with E-state index < -0.39 is 0 Å². The molecule has 28 heavy (non-hydrogen) atoms. The van der Waals surface area contributed by atoms with Crippen molar-refractivity contribution in [1.29, 1.82) is 0 Å². The Morgan fingerprint density at radius 3 is 2.50 bits per heavy atom. The van der Waals surface area contributed by atoms with Crippen molar-refractivity contribution >= 4 is 29.0 Å². The molecule has 2 aromatic carbocycles. The highest BCUT2D eigenvalue weighted by Gasteiger charge is 2.38. The van der Waals surface area contributed by atoms with Crippen LogP contribution >= 0.6 is 23.1 Å². The lowest BCUT2D eigenvalue weighted by atomic mass is 9.64. The third-order valence-electron chi connectivity index (χ3n) is 5.45. The van der Waals surface area contributed by atoms with Crippen molar-refractivity contribution in [1.82, 2.24) is 10.3 Å². The van der Waals surface area contributed by atoms with Gasteiger partial charge in [-0.25, -0.2) is 4.98 Å². The summed E-state index contributed by atoms with van der Waals surface area (Å²) in [6, 6.07) is 18.5. The molecule has 0 radical (unpaired) electrons. The maximum Gasteiger partial charge on any atom is 0.251 e. The lowest BCUT2D eigenvalue weighted by molar-refractivity contribution is 0.0928. The number of aryl methyl sites for hydroxylation is 1. The summed E-state index contributed by atoms with van der Waals surface area (Å²) in [4.78, 5) is 18.3. The standard InChI is InChI=1S/C23H24N2OS2/c1-17-25-20(14-27-17)15-28-21-10-8-18(9-11-21)22(26)24-16-23(12-5-13-23)19-6-3-2-4-7-19/h2-4,6-11,14H,5,12-13,15-16H2,1H3,(H,24,26). The first-order chi connectivity index (χ1) is 13.6. The number of nitrogens with one attached hydrogen (secondary N) is 1. The van der Waals surface area contributed by atoms with Crippen LogP contribution in [0.1, 0.15) is 45.9 Å². The summed E-state index contributed by atoms with van der Waals surface area (Å²) in [5.74, 6) is 0.865. The molecule has 1 aliphatic carbocycles. The number of hydrogen-bond donors (Lipinski definition) is 1. The number of nitrogens with zero attached hydrogens (tertiary/aromatic N) is 1. The van der Waals surface area contributed by atoms with Crippen LogP contribution in [0.25, 0.3) is 0 Å². The third kappa shape index (κ3) is 4.31. The monoisotopic (exact) mass is 408 g/mol. The van der Waals surface area contributed by atoms with Crippen molar-refractivity contribution in [3.8, 4) is 0 Å². The number of thioether (sulfide) groups is 1. The molecule has 3 nitrogen and oxygen atoms in total. The number of carbonyl (C=O) groups excluding carboxylic acids is 1. The summed E-state index contributed by atoms with van der Waals surface area (Å²) in [6.07, 6.45) is 3.52. The van der Waals surface area contributed by atoms with E-state index in [9.17, 15) is 4.79 Å². The van der Waals surface area contributed by atoms with Gasteiger partial charge in [0.1, 0.15) is 0 Å². The Balaban J connectivity index is 1.33. The van der Waals surface area contributed by atoms with Crippen LogP contribution in [0.2, 0.25) is 0 Å². The van der Waals surface area contributed by atoms with Gasteiger partial charge in [-0.05, 0) is 49.6 Å². The van der Waals surface area contributed by atoms with Gasteiger partial charge in [0.2, 0.25) is 0 Å². The van der Waals surface area contributed by atoms with Crippen LogP contribution in [-0.4, -0.2) is 17.4 Å². The molecule has 0 spiro atoms. The van der Waals surface area contributed by atoms with E-state index in [2.05, 4.69) is 39.9 Å². The van der Waals surface area contributed by atoms with Gasteiger partial charge in [0.15, 0.2) is 0 Å². The van der Waals surface area contributed by atoms with Crippen molar-refractivity contribution in [2.24, 2.45) is 0 Å². The largest absolute Gasteiger partial charge is 0.351 e. The second-order valence-electron chi connectivity index (χ2n) is 7.35. The number of carbonyl (C=O) groups is 1. The predicted octanol–water partition coefficient (Wildman–Crippen LogP) is 5.60. The van der Waals surface area contributed by atoms with E-state index >= 15 is 0 Å². The van der Waals surface area contributed by atoms with Gasteiger partial charge in [0.25, 0.3) is 5.91 Å². The van der Waals surface area contributed by atoms with Gasteiger partial charge < -0.3 is 5.32 Å². The highest BCUT2D eigenvalue weighted by Crippen LogP contribution is 2.43. The summed E-state index contributed by atoms with van der Waals surface area (Å²) in [5, 5.41) is 6.37. The van der Waals surface area contributed by atoms with E-state index in [1.165, 1.54) is 12.0 Å². The number of amides is 1. The predicted molar refractivity (Wildman–Crippen MR) is 117 cm³/mol. The van der Waals surface area contributed by atoms with E-state index in [4.69, 9.17) is 0 Å². The Morgan fingerprint density at radius 2 is 1.89 bits per heavy atom. The molecule has 1 aliphatic rings. The summed E-state index contributed by atoms with van der Waals surface area (Å²) in [7, 11) is 0. The Morgan fingerprint density at radius 1 is 1.14 bits per heavy atom. The molecule has 1 saturated carbocycles. The minimum atomic E-state index is 0.00822. The molecule has 3 aromatic rings. The van der Waals surface area contributed by atoms with Crippen LogP contribution in [0, 0.1) is 6.92 Å². The Kier molecular flexibility index (Phi) is 5.83. The Hall–Kier alpha value is -2.11. The van der Waals surface area contributed by atoms with Crippen LogP contribution in [0.3, 0.4) is 0 Å². The molecular formula is C23H24N2OS2. The highest BCUT2D eigenvalue weighted by atomic mass is 32.2. The van der Waals surface area contributed by atoms with Gasteiger partial charge in [0, 0.05) is 33.6 Å². The average molecular weight is 409 g/mol. The molecule has 144 valence electrons. The lowest BCUT2D eigenvalue weighted by Gasteiger charge is -2.42. The zero-order valence-corrected chi connectivity index (χ0v) is 17.6. The normalized spacial score (nSPS) is 15.0. The van der Waals surface area contributed by atoms with Crippen LogP contribution < -0.4 is 5.32 Å². The highest BCUT2D eigenvalue weighted by molar-refractivity contribution is 7.98. The molecule has 0 bridgehead atoms. The zero-order chi connectivity index (χ0) is 19.4. The molecular weight excluding hydrogens is 384 g/mol. The van der Waals surface area contributed by atoms with Crippen molar-refractivity contribution in [2.45, 2.75) is 42.2 Å². The number of benzene rings is 2. The van der Waals surface area contributed by atoms with Crippen molar-refractivity contribution < 1.29 is 4.79 Å². The number of aromatic nitrogens is 1. The lowest BCUT2D eigenvalue weighted by Crippen LogP contribution is -2.45. The molecule has 0 unspecified atom stereocenters. The van der Waals surface area contributed by atoms with E-state index in [1.54, 1.807) is 23.1 Å². The molecule has 1 N–H and O–H groups in total. The molecule has 0 aliphatic heterocycles. The molecule has 4 rings (SSSR count). The smallest absolute Gasteiger partial charge is 0.251 e. The molecule has 1 heterocycles. The van der Waals surface area contributed by atoms with Gasteiger partial charge in [-0.2, -0.15) is 0 Å². The van der Waals surface area contributed by atoms with Crippen molar-refractivity contribution in [2.75, 3.05) is 6.54 Å². The fourth-order valence-corrected chi connectivity index (χ4v) is 5.16. The van der Waals surface area contributed by atoms with E-state index in [0.29, 0.717) is 6.54 Å². The first kappa shape index (κ1) is 19.2. The van der Waals surface area contributed by atoms with Gasteiger partial charge in [0.05, 0.1) is 10.7 Å². The Labute approximate surface area is 174 Å². The second-order valence-corrected chi connectivity index (χ2v) is 9.46. The third-order valence-corrected chi connectivity index (χ3v) is 7.32. The second kappa shape index (κ2) is 8.50. The van der Waals surface area contributed by atoms with E-state index in [1.807, 2.05) is 37.3 Å². The first-order valence-corrected chi connectivity index (χ1v) is 11.5. The molecule has 5 heteroatoms. The van der Waals surface area contributed by atoms with Gasteiger partial charge >= 0.3 is 0 Å². The minimum absolute atomic E-state index is 0.00822. The number of hydrogen-bond acceptors (Lipinski definition) is 4. The maximum atomic E-state index is 12.6. The van der Waals surface area contributed by atoms with Crippen LogP contribution in [0.5, 0.6) is 0 Å². The molecule has 1 amide bonds. The number of rotatable bonds is 7. The van der Waals surface area contributed by atoms with Crippen LogP contribution in [-0.2, 0) is 11.2 Å². The quantitative estimate of drug-likeness (QED) is 0.518. The molecule has 1 aromatic heterocycles. The van der Waals surface area contributed by atoms with Gasteiger partial charge in [-0.3, -0.25) is 4.79 Å². The summed E-state index contributed by atoms with van der Waals surface area (Å²) < 4.78 is 0. The molecule has 1 fully saturated rings. The number of thiazole rings is 1. The SMILES string of the molecule is Cc1nc(CSc2ccc(C(=O)NCC3(c4ccccc4)CCC3)cc2)cs1. The topological polar surface area (TPSA) is 42.0 Å². The van der Waals surface area contributed by atoms with E-state index in [0.717, 1.165) is 39.8 Å². The first-order valence-electron chi connectivity index (χ1n) is 9.62. The van der Waals surface area contributed by atoms with Crippen LogP contribution in [0.15, 0.2) is 64.9 Å². The van der Waals surface area contributed by atoms with Crippen molar-refractivity contribution in [3.05, 3.63) is 81.8 Å². The molecule has 0 saturated heterocycles. The fraction of sp³-hybridized carbons (Fsp3) is 0.304. The van der Waals surface area contributed by atoms with E-state index in [-0.39, 0.29) is 11.3 Å². The average Bonchev–Trinajstić information content (AvgIpc) is 3.12. The maximum absolute atomic E-state index is 12.6. The summed E-state index contributed by atoms with van der Waals surface area (Å²) >= 11 is 3.43. The summed E-state index contributed by atoms with van der Waals surface area (Å²) in [5.41, 5.74) is 3.28. The summed E-state index contributed by atoms with van der Waals surface area (Å²) in [6.45, 7) is 2.73. The fourth-order valence-electron chi connectivity index (χ4n) is 3.65. The molecule has 0 atom stereocenters. The minimum Gasteiger partial charge on any atom is -0.351 e.